The van der Waals surface area contributed by atoms with Gasteiger partial charge in [-0.05, 0) is 22.9 Å². The predicted octanol–water partition coefficient (Wildman–Crippen LogP) is -0.267. The second-order valence-electron chi connectivity index (χ2n) is 2.31. The molecular formula is C6H8BrN5O. The highest BCUT2D eigenvalue weighted by Crippen LogP contribution is 2.14. The Balaban J connectivity index is 3.23. The van der Waals surface area contributed by atoms with Crippen LogP contribution in [0.25, 0.3) is 0 Å². The van der Waals surface area contributed by atoms with E-state index in [0.717, 1.165) is 0 Å². The Morgan fingerprint density at radius 2 is 2.15 bits per heavy atom. The van der Waals surface area contributed by atoms with Gasteiger partial charge in [-0.1, -0.05) is 0 Å². The molecule has 0 saturated carbocycles. The van der Waals surface area contributed by atoms with Gasteiger partial charge in [0.15, 0.2) is 11.5 Å². The number of hydrogen-bond acceptors (Lipinski definition) is 5. The number of carbonyl (C=O) groups excluding carboxylic acids is 1. The highest BCUT2D eigenvalue weighted by molar-refractivity contribution is 9.10. The third-order valence-corrected chi connectivity index (χ3v) is 2.14. The lowest BCUT2D eigenvalue weighted by Crippen LogP contribution is -2.31. The van der Waals surface area contributed by atoms with Crippen LogP contribution in [0, 0.1) is 6.92 Å². The number of hydrogen-bond donors (Lipinski definition) is 3. The molecule has 0 aliphatic carbocycles. The van der Waals surface area contributed by atoms with Crippen molar-refractivity contribution < 1.29 is 4.79 Å². The van der Waals surface area contributed by atoms with Gasteiger partial charge in [0.1, 0.15) is 4.60 Å². The molecule has 70 valence electrons. The topological polar surface area (TPSA) is 107 Å². The van der Waals surface area contributed by atoms with E-state index in [1.807, 2.05) is 5.43 Å². The summed E-state index contributed by atoms with van der Waals surface area (Å²) in [4.78, 5) is 18.8. The van der Waals surface area contributed by atoms with Crippen molar-refractivity contribution in [3.05, 3.63) is 16.0 Å². The molecule has 1 aromatic heterocycles. The Morgan fingerprint density at radius 3 is 2.69 bits per heavy atom. The summed E-state index contributed by atoms with van der Waals surface area (Å²) in [6, 6.07) is 0. The van der Waals surface area contributed by atoms with Crippen LogP contribution in [0.1, 0.15) is 16.2 Å². The van der Waals surface area contributed by atoms with Gasteiger partial charge >= 0.3 is 0 Å². The number of hydrazine groups is 1. The molecule has 0 spiro atoms. The number of aryl methyl sites for hydroxylation is 1. The third kappa shape index (κ3) is 1.93. The number of nitrogens with one attached hydrogen (secondary N) is 1. The van der Waals surface area contributed by atoms with Crippen LogP contribution in [-0.2, 0) is 0 Å². The van der Waals surface area contributed by atoms with Crippen molar-refractivity contribution in [2.45, 2.75) is 6.92 Å². The summed E-state index contributed by atoms with van der Waals surface area (Å²) in [6.45, 7) is 1.72. The number of nitrogens with zero attached hydrogens (tertiary/aromatic N) is 2. The Hall–Kier alpha value is -1.21. The molecule has 0 aliphatic heterocycles. The molecule has 0 aliphatic rings. The monoisotopic (exact) mass is 245 g/mol. The number of amides is 1. The molecule has 5 N–H and O–H groups in total. The van der Waals surface area contributed by atoms with Crippen LogP contribution in [0.5, 0.6) is 0 Å². The average Bonchev–Trinajstić information content (AvgIpc) is 2.10. The van der Waals surface area contributed by atoms with Crippen LogP contribution in [0.2, 0.25) is 0 Å². The zero-order valence-electron chi connectivity index (χ0n) is 6.84. The number of rotatable bonds is 1. The molecular weight excluding hydrogens is 238 g/mol. The van der Waals surface area contributed by atoms with Gasteiger partial charge < -0.3 is 5.73 Å². The van der Waals surface area contributed by atoms with Crippen LogP contribution in [0.15, 0.2) is 4.60 Å². The summed E-state index contributed by atoms with van der Waals surface area (Å²) in [5.41, 5.74) is 8.01. The van der Waals surface area contributed by atoms with E-state index in [1.165, 1.54) is 0 Å². The molecule has 0 bridgehead atoms. The molecule has 0 fully saturated rings. The minimum Gasteiger partial charge on any atom is -0.382 e. The van der Waals surface area contributed by atoms with E-state index in [9.17, 15) is 4.79 Å². The first-order valence-corrected chi connectivity index (χ1v) is 4.16. The fourth-order valence-corrected chi connectivity index (χ4v) is 1.02. The quantitative estimate of drug-likeness (QED) is 0.359. The van der Waals surface area contributed by atoms with Gasteiger partial charge in [-0.15, -0.1) is 0 Å². The second kappa shape index (κ2) is 3.67. The molecule has 0 unspecified atom stereocenters. The summed E-state index contributed by atoms with van der Waals surface area (Å²) in [5, 5.41) is 0. The standard InChI is InChI=1S/C6H8BrN5O/c1-2-4(7)11-3(5(8)10-2)6(13)12-9/h9H2,1H3,(H2,8,10)(H,12,13). The maximum absolute atomic E-state index is 11.1. The van der Waals surface area contributed by atoms with Gasteiger partial charge in [-0.2, -0.15) is 0 Å². The summed E-state index contributed by atoms with van der Waals surface area (Å²) in [7, 11) is 0. The van der Waals surface area contributed by atoms with Crippen molar-refractivity contribution >= 4 is 27.7 Å². The van der Waals surface area contributed by atoms with Crippen LogP contribution in [0.4, 0.5) is 5.82 Å². The number of carbonyl (C=O) groups is 1. The lowest BCUT2D eigenvalue weighted by molar-refractivity contribution is 0.0949. The lowest BCUT2D eigenvalue weighted by atomic mass is 10.3. The minimum absolute atomic E-state index is 0.0139. The maximum Gasteiger partial charge on any atom is 0.287 e. The van der Waals surface area contributed by atoms with Gasteiger partial charge in [0.25, 0.3) is 5.91 Å². The smallest absolute Gasteiger partial charge is 0.287 e. The summed E-state index contributed by atoms with van der Waals surface area (Å²) in [5.74, 6) is 4.42. The molecule has 1 rings (SSSR count). The van der Waals surface area contributed by atoms with Gasteiger partial charge in [0, 0.05) is 0 Å². The zero-order valence-corrected chi connectivity index (χ0v) is 8.42. The zero-order chi connectivity index (χ0) is 10.0. The second-order valence-corrected chi connectivity index (χ2v) is 3.06. The van der Waals surface area contributed by atoms with Gasteiger partial charge in [-0.3, -0.25) is 10.2 Å². The van der Waals surface area contributed by atoms with E-state index >= 15 is 0 Å². The maximum atomic E-state index is 11.1. The van der Waals surface area contributed by atoms with Crippen molar-refractivity contribution in [1.82, 2.24) is 15.4 Å². The number of anilines is 1. The third-order valence-electron chi connectivity index (χ3n) is 1.39. The first-order chi connectivity index (χ1) is 6.06. The Kier molecular flexibility index (Phi) is 2.79. The molecule has 0 saturated heterocycles. The normalized spacial score (nSPS) is 9.77. The fourth-order valence-electron chi connectivity index (χ4n) is 0.752. The van der Waals surface area contributed by atoms with E-state index < -0.39 is 5.91 Å². The molecule has 7 heteroatoms. The highest BCUT2D eigenvalue weighted by atomic mass is 79.9. The molecule has 0 aromatic carbocycles. The van der Waals surface area contributed by atoms with E-state index in [-0.39, 0.29) is 11.5 Å². The minimum atomic E-state index is -0.564. The molecule has 0 radical (unpaired) electrons. The van der Waals surface area contributed by atoms with Crippen molar-refractivity contribution in [3.63, 3.8) is 0 Å². The van der Waals surface area contributed by atoms with Gasteiger partial charge in [0.05, 0.1) is 5.69 Å². The predicted molar refractivity (Wildman–Crippen MR) is 50.5 cm³/mol. The van der Waals surface area contributed by atoms with Crippen molar-refractivity contribution in [2.75, 3.05) is 5.73 Å². The number of halogens is 1. The molecule has 0 atom stereocenters. The lowest BCUT2D eigenvalue weighted by Gasteiger charge is -2.04. The first-order valence-electron chi connectivity index (χ1n) is 3.36. The molecule has 1 heterocycles. The Morgan fingerprint density at radius 1 is 1.54 bits per heavy atom. The first kappa shape index (κ1) is 9.87. The molecule has 1 amide bonds. The van der Waals surface area contributed by atoms with Crippen LogP contribution >= 0.6 is 15.9 Å². The highest BCUT2D eigenvalue weighted by Gasteiger charge is 2.13. The van der Waals surface area contributed by atoms with Gasteiger partial charge in [-0.25, -0.2) is 15.8 Å². The number of nitrogen functional groups attached to an aromatic ring is 2. The largest absolute Gasteiger partial charge is 0.382 e. The fraction of sp³-hybridized carbons (Fsp3) is 0.167. The Labute approximate surface area is 82.8 Å². The van der Waals surface area contributed by atoms with Crippen molar-refractivity contribution in [3.8, 4) is 0 Å². The van der Waals surface area contributed by atoms with Crippen molar-refractivity contribution in [2.24, 2.45) is 5.84 Å². The SMILES string of the molecule is Cc1nc(N)c(C(=O)NN)nc1Br. The average molecular weight is 246 g/mol. The van der Waals surface area contributed by atoms with E-state index in [4.69, 9.17) is 11.6 Å². The van der Waals surface area contributed by atoms with Gasteiger partial charge in [0.2, 0.25) is 0 Å². The summed E-state index contributed by atoms with van der Waals surface area (Å²) in [6.07, 6.45) is 0. The van der Waals surface area contributed by atoms with Crippen LogP contribution in [0.3, 0.4) is 0 Å². The molecule has 6 nitrogen and oxygen atoms in total. The van der Waals surface area contributed by atoms with E-state index in [2.05, 4.69) is 25.9 Å². The van der Waals surface area contributed by atoms with Crippen molar-refractivity contribution in [1.29, 1.82) is 0 Å². The molecule has 1 aromatic rings. The number of nitrogens with two attached hydrogens (primary N) is 2. The summed E-state index contributed by atoms with van der Waals surface area (Å²) >= 11 is 3.13. The summed E-state index contributed by atoms with van der Waals surface area (Å²) < 4.78 is 0.473. The van der Waals surface area contributed by atoms with E-state index in [0.29, 0.717) is 10.3 Å². The molecule has 13 heavy (non-hydrogen) atoms. The number of aromatic nitrogens is 2. The van der Waals surface area contributed by atoms with Crippen LogP contribution < -0.4 is 17.0 Å². The Bertz CT molecular complexity index is 353. The van der Waals surface area contributed by atoms with E-state index in [1.54, 1.807) is 6.92 Å². The van der Waals surface area contributed by atoms with Crippen LogP contribution in [-0.4, -0.2) is 15.9 Å².